The highest BCUT2D eigenvalue weighted by Crippen LogP contribution is 2.28. The van der Waals surface area contributed by atoms with Crippen molar-refractivity contribution in [3.63, 3.8) is 0 Å². The molecule has 1 atom stereocenters. The number of carbonyl (C=O) groups is 1. The summed E-state index contributed by atoms with van der Waals surface area (Å²) in [4.78, 5) is 10.7. The molecule has 1 heterocycles. The van der Waals surface area contributed by atoms with Crippen molar-refractivity contribution in [1.29, 1.82) is 0 Å². The zero-order valence-corrected chi connectivity index (χ0v) is 9.92. The fourth-order valence-electron chi connectivity index (χ4n) is 1.83. The Kier molecular flexibility index (Phi) is 3.42. The Bertz CT molecular complexity index is 440. The van der Waals surface area contributed by atoms with Crippen LogP contribution in [0, 0.1) is 0 Å². The maximum atomic E-state index is 10.7. The predicted octanol–water partition coefficient (Wildman–Crippen LogP) is 2.63. The van der Waals surface area contributed by atoms with Crippen LogP contribution < -0.4 is 5.32 Å². The summed E-state index contributed by atoms with van der Waals surface area (Å²) < 4.78 is 0. The van der Waals surface area contributed by atoms with Crippen LogP contribution in [-0.4, -0.2) is 19.4 Å². The molecule has 0 aliphatic carbocycles. The monoisotopic (exact) mass is 235 g/mol. The molecule has 16 heavy (non-hydrogen) atoms. The summed E-state index contributed by atoms with van der Waals surface area (Å²) in [5, 5.41) is 3.96. The van der Waals surface area contributed by atoms with Gasteiger partial charge in [0.25, 0.3) is 0 Å². The van der Waals surface area contributed by atoms with Gasteiger partial charge in [-0.1, -0.05) is 36.7 Å². The number of benzene rings is 1. The maximum absolute atomic E-state index is 10.7. The molecule has 2 rings (SSSR count). The third-order valence-electron chi connectivity index (χ3n) is 2.88. The summed E-state index contributed by atoms with van der Waals surface area (Å²) >= 11 is 6.23. The zero-order chi connectivity index (χ0) is 11.5. The van der Waals surface area contributed by atoms with Gasteiger partial charge in [-0.05, 0) is 22.8 Å². The molecule has 84 valence electrons. The van der Waals surface area contributed by atoms with Crippen molar-refractivity contribution in [3.8, 4) is 0 Å². The van der Waals surface area contributed by atoms with E-state index in [1.807, 2.05) is 25.1 Å². The van der Waals surface area contributed by atoms with Crippen LogP contribution in [0.3, 0.4) is 0 Å². The second-order valence-electron chi connectivity index (χ2n) is 4.02. The molecule has 3 heteroatoms. The number of nitrogens with one attached hydrogen (secondary N) is 1. The molecule has 1 N–H and O–H groups in total. The van der Waals surface area contributed by atoms with E-state index in [1.165, 1.54) is 5.57 Å². The van der Waals surface area contributed by atoms with Gasteiger partial charge in [0.2, 0.25) is 0 Å². The van der Waals surface area contributed by atoms with Gasteiger partial charge in [0, 0.05) is 24.0 Å². The Morgan fingerprint density at radius 3 is 2.88 bits per heavy atom. The van der Waals surface area contributed by atoms with Crippen molar-refractivity contribution in [2.24, 2.45) is 0 Å². The number of hydrogen-bond donors (Lipinski definition) is 1. The largest absolute Gasteiger partial charge is 0.309 e. The lowest BCUT2D eigenvalue weighted by Gasteiger charge is -2.09. The number of carbonyl (C=O) groups excluding carboxylic acids is 1. The van der Waals surface area contributed by atoms with Crippen LogP contribution in [0.25, 0.3) is 5.57 Å². The first-order chi connectivity index (χ1) is 7.72. The van der Waals surface area contributed by atoms with Gasteiger partial charge in [0.15, 0.2) is 0 Å². The van der Waals surface area contributed by atoms with Crippen molar-refractivity contribution in [2.45, 2.75) is 12.8 Å². The average molecular weight is 236 g/mol. The smallest absolute Gasteiger partial charge is 0.127 e. The average Bonchev–Trinajstić information content (AvgIpc) is 2.81. The van der Waals surface area contributed by atoms with E-state index < -0.39 is 0 Å². The normalized spacial score (nSPS) is 17.0. The molecule has 0 aromatic heterocycles. The van der Waals surface area contributed by atoms with Gasteiger partial charge in [0.1, 0.15) is 6.29 Å². The van der Waals surface area contributed by atoms with Crippen molar-refractivity contribution >= 4 is 23.5 Å². The van der Waals surface area contributed by atoms with Crippen LogP contribution in [0.15, 0.2) is 24.3 Å². The second kappa shape index (κ2) is 4.81. The van der Waals surface area contributed by atoms with Crippen LogP contribution in [0.2, 0.25) is 5.02 Å². The summed E-state index contributed by atoms with van der Waals surface area (Å²) in [6.07, 6.45) is 3.08. The lowest BCUT2D eigenvalue weighted by atomic mass is 9.98. The first-order valence-electron chi connectivity index (χ1n) is 5.37. The molecule has 1 unspecified atom stereocenters. The third-order valence-corrected chi connectivity index (χ3v) is 3.19. The van der Waals surface area contributed by atoms with Gasteiger partial charge in [-0.3, -0.25) is 0 Å². The molecule has 0 bridgehead atoms. The zero-order valence-electron chi connectivity index (χ0n) is 9.16. The maximum Gasteiger partial charge on any atom is 0.127 e. The van der Waals surface area contributed by atoms with Gasteiger partial charge >= 0.3 is 0 Å². The highest BCUT2D eigenvalue weighted by molar-refractivity contribution is 6.32. The van der Waals surface area contributed by atoms with Crippen LogP contribution in [0.1, 0.15) is 24.0 Å². The van der Waals surface area contributed by atoms with E-state index in [2.05, 4.69) is 11.4 Å². The van der Waals surface area contributed by atoms with Gasteiger partial charge < -0.3 is 10.1 Å². The molecule has 0 saturated carbocycles. The minimum Gasteiger partial charge on any atom is -0.309 e. The number of aldehydes is 1. The Morgan fingerprint density at radius 2 is 2.31 bits per heavy atom. The van der Waals surface area contributed by atoms with Crippen molar-refractivity contribution < 1.29 is 4.79 Å². The second-order valence-corrected chi connectivity index (χ2v) is 4.43. The highest BCUT2D eigenvalue weighted by atomic mass is 35.5. The van der Waals surface area contributed by atoms with Crippen LogP contribution in [0.4, 0.5) is 0 Å². The van der Waals surface area contributed by atoms with Gasteiger partial charge in [-0.15, -0.1) is 0 Å². The first kappa shape index (κ1) is 11.4. The number of rotatable bonds is 3. The molecule has 1 aliphatic heterocycles. The van der Waals surface area contributed by atoms with E-state index in [1.54, 1.807) is 0 Å². The summed E-state index contributed by atoms with van der Waals surface area (Å²) in [6.45, 7) is 3.63. The molecular formula is C13H14ClNO. The molecule has 2 nitrogen and oxygen atoms in total. The molecule has 0 amide bonds. The molecule has 0 saturated heterocycles. The number of halogens is 1. The van der Waals surface area contributed by atoms with E-state index >= 15 is 0 Å². The standard InChI is InChI=1S/C13H14ClNO/c1-9(8-16)10-2-3-12(13(14)6-10)11-4-5-15-7-11/h2-4,6,8-9,15H,5,7H2,1H3. The van der Waals surface area contributed by atoms with E-state index in [0.29, 0.717) is 0 Å². The molecule has 1 aliphatic rings. The predicted molar refractivity (Wildman–Crippen MR) is 66.8 cm³/mol. The lowest BCUT2D eigenvalue weighted by molar-refractivity contribution is -0.108. The number of hydrogen-bond acceptors (Lipinski definition) is 2. The van der Waals surface area contributed by atoms with Crippen molar-refractivity contribution in [2.75, 3.05) is 13.1 Å². The quantitative estimate of drug-likeness (QED) is 0.817. The van der Waals surface area contributed by atoms with Gasteiger partial charge in [-0.2, -0.15) is 0 Å². The van der Waals surface area contributed by atoms with Gasteiger partial charge in [0.05, 0.1) is 0 Å². The Hall–Kier alpha value is -1.12. The van der Waals surface area contributed by atoms with E-state index in [9.17, 15) is 4.79 Å². The Morgan fingerprint density at radius 1 is 1.50 bits per heavy atom. The molecule has 1 aromatic rings. The molecule has 1 aromatic carbocycles. The third kappa shape index (κ3) is 2.18. The summed E-state index contributed by atoms with van der Waals surface area (Å²) in [7, 11) is 0. The minimum absolute atomic E-state index is 0.0952. The van der Waals surface area contributed by atoms with E-state index in [0.717, 1.165) is 35.5 Å². The fourth-order valence-corrected chi connectivity index (χ4v) is 2.14. The van der Waals surface area contributed by atoms with Crippen LogP contribution >= 0.6 is 11.6 Å². The van der Waals surface area contributed by atoms with Crippen molar-refractivity contribution in [1.82, 2.24) is 5.32 Å². The fraction of sp³-hybridized carbons (Fsp3) is 0.308. The SMILES string of the molecule is CC(C=O)c1ccc(C2=CCNC2)c(Cl)c1. The lowest BCUT2D eigenvalue weighted by Crippen LogP contribution is -2.07. The topological polar surface area (TPSA) is 29.1 Å². The van der Waals surface area contributed by atoms with E-state index in [4.69, 9.17) is 11.6 Å². The van der Waals surface area contributed by atoms with Crippen molar-refractivity contribution in [3.05, 3.63) is 40.4 Å². The molecule has 0 spiro atoms. The van der Waals surface area contributed by atoms with E-state index in [-0.39, 0.29) is 5.92 Å². The highest BCUT2D eigenvalue weighted by Gasteiger charge is 2.12. The molecule has 0 radical (unpaired) electrons. The minimum atomic E-state index is -0.0952. The molecule has 0 fully saturated rings. The molecular weight excluding hydrogens is 222 g/mol. The summed E-state index contributed by atoms with van der Waals surface area (Å²) in [6, 6.07) is 5.85. The first-order valence-corrected chi connectivity index (χ1v) is 5.75. The van der Waals surface area contributed by atoms with Crippen LogP contribution in [-0.2, 0) is 4.79 Å². The Balaban J connectivity index is 2.33. The summed E-state index contributed by atoms with van der Waals surface area (Å²) in [5.74, 6) is -0.0952. The Labute approximate surface area is 100 Å². The van der Waals surface area contributed by atoms with Gasteiger partial charge in [-0.25, -0.2) is 0 Å². The van der Waals surface area contributed by atoms with Crippen LogP contribution in [0.5, 0.6) is 0 Å². The summed E-state index contributed by atoms with van der Waals surface area (Å²) in [5.41, 5.74) is 3.26.